The van der Waals surface area contributed by atoms with E-state index in [1.165, 1.54) is 0 Å². The third-order valence-electron chi connectivity index (χ3n) is 4.89. The molecule has 0 aromatic rings. The SMILES string of the molecule is CCC1(C(=O)N2CCN3C(=O)NCC3C2)CCNC1. The average molecular weight is 266 g/mol. The standard InChI is InChI=1S/C13H22N4O2/c1-2-13(3-4-14-9-13)11(18)16-5-6-17-10(8-16)7-15-12(17)19/h10,14H,2-9H2,1H3,(H,15,19). The molecule has 3 heterocycles. The van der Waals surface area contributed by atoms with Gasteiger partial charge in [-0.2, -0.15) is 0 Å². The fourth-order valence-electron chi connectivity index (χ4n) is 3.50. The number of carbonyl (C=O) groups excluding carboxylic acids is 2. The number of fused-ring (bicyclic) bond motifs is 1. The Morgan fingerprint density at radius 1 is 1.47 bits per heavy atom. The Morgan fingerprint density at radius 2 is 2.32 bits per heavy atom. The molecule has 6 heteroatoms. The van der Waals surface area contributed by atoms with Crippen LogP contribution < -0.4 is 10.6 Å². The summed E-state index contributed by atoms with van der Waals surface area (Å²) in [6, 6.07) is 0.179. The van der Waals surface area contributed by atoms with E-state index in [-0.39, 0.29) is 23.4 Å². The maximum atomic E-state index is 12.8. The van der Waals surface area contributed by atoms with E-state index in [2.05, 4.69) is 17.6 Å². The average Bonchev–Trinajstić information content (AvgIpc) is 3.06. The summed E-state index contributed by atoms with van der Waals surface area (Å²) in [5, 5.41) is 6.16. The van der Waals surface area contributed by atoms with Crippen LogP contribution in [0, 0.1) is 5.41 Å². The van der Waals surface area contributed by atoms with E-state index < -0.39 is 0 Å². The molecular weight excluding hydrogens is 244 g/mol. The Labute approximate surface area is 113 Å². The zero-order valence-electron chi connectivity index (χ0n) is 11.4. The van der Waals surface area contributed by atoms with E-state index in [4.69, 9.17) is 0 Å². The molecule has 2 atom stereocenters. The Bertz CT molecular complexity index is 392. The van der Waals surface area contributed by atoms with Crippen molar-refractivity contribution in [3.8, 4) is 0 Å². The second-order valence-corrected chi connectivity index (χ2v) is 5.85. The summed E-state index contributed by atoms with van der Waals surface area (Å²) in [5.74, 6) is 0.277. The normalized spacial score (nSPS) is 34.4. The van der Waals surface area contributed by atoms with Gasteiger partial charge in [0.15, 0.2) is 0 Å². The molecule has 0 bridgehead atoms. The van der Waals surface area contributed by atoms with Crippen LogP contribution in [0.5, 0.6) is 0 Å². The number of piperazine rings is 1. The molecule has 3 aliphatic rings. The van der Waals surface area contributed by atoms with Crippen molar-refractivity contribution < 1.29 is 9.59 Å². The lowest BCUT2D eigenvalue weighted by molar-refractivity contribution is -0.143. The maximum absolute atomic E-state index is 12.8. The highest BCUT2D eigenvalue weighted by atomic mass is 16.2. The summed E-state index contributed by atoms with van der Waals surface area (Å²) in [4.78, 5) is 28.2. The van der Waals surface area contributed by atoms with Crippen LogP contribution in [-0.2, 0) is 4.79 Å². The highest BCUT2D eigenvalue weighted by Crippen LogP contribution is 2.32. The van der Waals surface area contributed by atoms with Crippen molar-refractivity contribution in [1.82, 2.24) is 20.4 Å². The maximum Gasteiger partial charge on any atom is 0.317 e. The van der Waals surface area contributed by atoms with Gasteiger partial charge in [0, 0.05) is 32.7 Å². The molecule has 3 amide bonds. The van der Waals surface area contributed by atoms with Gasteiger partial charge in [-0.3, -0.25) is 4.79 Å². The van der Waals surface area contributed by atoms with Crippen LogP contribution in [0.1, 0.15) is 19.8 Å². The van der Waals surface area contributed by atoms with Gasteiger partial charge < -0.3 is 20.4 Å². The summed E-state index contributed by atoms with van der Waals surface area (Å²) in [6.45, 7) is 6.51. The van der Waals surface area contributed by atoms with Crippen LogP contribution in [0.15, 0.2) is 0 Å². The highest BCUT2D eigenvalue weighted by molar-refractivity contribution is 5.84. The molecule has 106 valence electrons. The van der Waals surface area contributed by atoms with Gasteiger partial charge in [-0.15, -0.1) is 0 Å². The summed E-state index contributed by atoms with van der Waals surface area (Å²) in [5.41, 5.74) is -0.210. The lowest BCUT2D eigenvalue weighted by Gasteiger charge is -2.40. The third kappa shape index (κ3) is 1.98. The molecule has 0 aliphatic carbocycles. The molecule has 0 spiro atoms. The van der Waals surface area contributed by atoms with Crippen molar-refractivity contribution in [1.29, 1.82) is 0 Å². The Morgan fingerprint density at radius 3 is 3.00 bits per heavy atom. The van der Waals surface area contributed by atoms with Crippen molar-refractivity contribution >= 4 is 11.9 Å². The Hall–Kier alpha value is -1.30. The van der Waals surface area contributed by atoms with Gasteiger partial charge in [0.25, 0.3) is 0 Å². The number of amides is 3. The Kier molecular flexibility index (Phi) is 3.12. The second kappa shape index (κ2) is 4.67. The van der Waals surface area contributed by atoms with E-state index in [0.717, 1.165) is 25.9 Å². The van der Waals surface area contributed by atoms with E-state index in [1.807, 2.05) is 9.80 Å². The lowest BCUT2D eigenvalue weighted by Crippen LogP contribution is -2.57. The minimum Gasteiger partial charge on any atom is -0.338 e. The molecule has 3 fully saturated rings. The zero-order chi connectivity index (χ0) is 13.5. The third-order valence-corrected chi connectivity index (χ3v) is 4.89. The molecule has 6 nitrogen and oxygen atoms in total. The largest absolute Gasteiger partial charge is 0.338 e. The topological polar surface area (TPSA) is 64.7 Å². The van der Waals surface area contributed by atoms with Gasteiger partial charge in [0.1, 0.15) is 0 Å². The fourth-order valence-corrected chi connectivity index (χ4v) is 3.50. The molecule has 0 radical (unpaired) electrons. The first-order valence-corrected chi connectivity index (χ1v) is 7.21. The van der Waals surface area contributed by atoms with Crippen LogP contribution in [0.25, 0.3) is 0 Å². The first kappa shape index (κ1) is 12.7. The van der Waals surface area contributed by atoms with Gasteiger partial charge in [-0.05, 0) is 19.4 Å². The van der Waals surface area contributed by atoms with Crippen LogP contribution >= 0.6 is 0 Å². The Balaban J connectivity index is 1.70. The quantitative estimate of drug-likeness (QED) is 0.715. The molecule has 0 aromatic heterocycles. The summed E-state index contributed by atoms with van der Waals surface area (Å²) >= 11 is 0. The van der Waals surface area contributed by atoms with Crippen molar-refractivity contribution in [2.24, 2.45) is 5.41 Å². The number of carbonyl (C=O) groups is 2. The summed E-state index contributed by atoms with van der Waals surface area (Å²) < 4.78 is 0. The molecule has 0 saturated carbocycles. The van der Waals surface area contributed by atoms with E-state index in [1.54, 1.807) is 0 Å². The first-order valence-electron chi connectivity index (χ1n) is 7.21. The summed E-state index contributed by atoms with van der Waals surface area (Å²) in [7, 11) is 0. The molecule has 2 N–H and O–H groups in total. The second-order valence-electron chi connectivity index (χ2n) is 5.85. The van der Waals surface area contributed by atoms with Crippen LogP contribution in [0.2, 0.25) is 0 Å². The number of rotatable bonds is 2. The monoisotopic (exact) mass is 266 g/mol. The van der Waals surface area contributed by atoms with Crippen LogP contribution in [-0.4, -0.2) is 67.0 Å². The first-order chi connectivity index (χ1) is 9.16. The van der Waals surface area contributed by atoms with E-state index in [0.29, 0.717) is 26.2 Å². The van der Waals surface area contributed by atoms with Crippen molar-refractivity contribution in [3.63, 3.8) is 0 Å². The molecule has 19 heavy (non-hydrogen) atoms. The number of hydrogen-bond acceptors (Lipinski definition) is 3. The number of nitrogens with one attached hydrogen (secondary N) is 2. The van der Waals surface area contributed by atoms with Gasteiger partial charge in [0.2, 0.25) is 5.91 Å². The number of urea groups is 1. The highest BCUT2D eigenvalue weighted by Gasteiger charge is 2.45. The van der Waals surface area contributed by atoms with Gasteiger partial charge in [0.05, 0.1) is 11.5 Å². The van der Waals surface area contributed by atoms with Crippen LogP contribution in [0.4, 0.5) is 4.79 Å². The predicted molar refractivity (Wildman–Crippen MR) is 70.7 cm³/mol. The number of nitrogens with zero attached hydrogens (tertiary/aromatic N) is 2. The molecular formula is C13H22N4O2. The number of hydrogen-bond donors (Lipinski definition) is 2. The molecule has 3 saturated heterocycles. The van der Waals surface area contributed by atoms with Gasteiger partial charge in [-0.25, -0.2) is 4.79 Å². The fraction of sp³-hybridized carbons (Fsp3) is 0.846. The van der Waals surface area contributed by atoms with Gasteiger partial charge in [-0.1, -0.05) is 6.92 Å². The molecule has 2 unspecified atom stereocenters. The smallest absolute Gasteiger partial charge is 0.317 e. The zero-order valence-corrected chi connectivity index (χ0v) is 11.4. The van der Waals surface area contributed by atoms with Crippen molar-refractivity contribution in [3.05, 3.63) is 0 Å². The minimum atomic E-state index is -0.210. The predicted octanol–water partition coefficient (Wildman–Crippen LogP) is -0.388. The van der Waals surface area contributed by atoms with E-state index in [9.17, 15) is 9.59 Å². The van der Waals surface area contributed by atoms with Crippen molar-refractivity contribution in [2.75, 3.05) is 39.3 Å². The molecule has 3 aliphatic heterocycles. The lowest BCUT2D eigenvalue weighted by atomic mass is 9.82. The van der Waals surface area contributed by atoms with Gasteiger partial charge >= 0.3 is 6.03 Å². The van der Waals surface area contributed by atoms with Crippen molar-refractivity contribution in [2.45, 2.75) is 25.8 Å². The summed E-state index contributed by atoms with van der Waals surface area (Å²) in [6.07, 6.45) is 1.82. The minimum absolute atomic E-state index is 0.0184. The van der Waals surface area contributed by atoms with Crippen LogP contribution in [0.3, 0.4) is 0 Å². The molecule has 0 aromatic carbocycles. The molecule has 3 rings (SSSR count). The van der Waals surface area contributed by atoms with E-state index >= 15 is 0 Å².